The molecule has 8 nitrogen and oxygen atoms in total. The monoisotopic (exact) mass is 356 g/mol. The Morgan fingerprint density at radius 3 is 2.96 bits per heavy atom. The molecule has 3 rings (SSSR count). The molecule has 128 valence electrons. The largest absolute Gasteiger partial charge is 0.361 e. The lowest BCUT2D eigenvalue weighted by Crippen LogP contribution is -2.19. The van der Waals surface area contributed by atoms with Gasteiger partial charge in [-0.1, -0.05) is 36.5 Å². The topological polar surface area (TPSA) is 112 Å². The van der Waals surface area contributed by atoms with Crippen LogP contribution in [0.2, 0.25) is 0 Å². The molecule has 0 bridgehead atoms. The summed E-state index contributed by atoms with van der Waals surface area (Å²) in [5.74, 6) is -0.448. The third kappa shape index (κ3) is 4.27. The lowest BCUT2D eigenvalue weighted by Gasteiger charge is -1.96. The summed E-state index contributed by atoms with van der Waals surface area (Å²) in [5.41, 5.74) is 4.35. The van der Waals surface area contributed by atoms with Crippen LogP contribution in [0.3, 0.4) is 0 Å². The minimum atomic E-state index is -0.305. The maximum atomic E-state index is 11.9. The van der Waals surface area contributed by atoms with Gasteiger partial charge in [0.05, 0.1) is 12.6 Å². The Labute approximate surface area is 147 Å². The fourth-order valence-electron chi connectivity index (χ4n) is 2.13. The van der Waals surface area contributed by atoms with Gasteiger partial charge in [0.2, 0.25) is 16.9 Å². The Morgan fingerprint density at radius 1 is 1.28 bits per heavy atom. The molecule has 9 heteroatoms. The number of benzene rings is 1. The highest BCUT2D eigenvalue weighted by atomic mass is 32.1. The molecule has 0 aliphatic heterocycles. The zero-order valence-corrected chi connectivity index (χ0v) is 14.3. The average Bonchev–Trinajstić information content (AvgIpc) is 3.22. The summed E-state index contributed by atoms with van der Waals surface area (Å²) in [6, 6.07) is 7.83. The third-order valence-corrected chi connectivity index (χ3v) is 4.20. The Balaban J connectivity index is 1.55. The highest BCUT2D eigenvalue weighted by Gasteiger charge is 2.10. The minimum Gasteiger partial charge on any atom is -0.361 e. The van der Waals surface area contributed by atoms with Crippen LogP contribution in [0.4, 0.5) is 5.13 Å². The first-order valence-corrected chi connectivity index (χ1v) is 8.47. The molecule has 2 aromatic heterocycles. The molecule has 0 unspecified atom stereocenters. The lowest BCUT2D eigenvalue weighted by atomic mass is 10.2. The zero-order valence-electron chi connectivity index (χ0n) is 13.4. The molecule has 0 saturated carbocycles. The number of hydrazone groups is 1. The van der Waals surface area contributed by atoms with Crippen molar-refractivity contribution in [3.63, 3.8) is 0 Å². The van der Waals surface area contributed by atoms with Gasteiger partial charge in [-0.25, -0.2) is 5.43 Å². The van der Waals surface area contributed by atoms with Gasteiger partial charge >= 0.3 is 0 Å². The fraction of sp³-hybridized carbons (Fsp3) is 0.188. The number of hydrogen-bond donors (Lipinski definition) is 3. The van der Waals surface area contributed by atoms with E-state index in [4.69, 9.17) is 0 Å². The molecule has 25 heavy (non-hydrogen) atoms. The number of hydrogen-bond acceptors (Lipinski definition) is 6. The highest BCUT2D eigenvalue weighted by Crippen LogP contribution is 2.16. The average molecular weight is 356 g/mol. The van der Waals surface area contributed by atoms with E-state index in [1.165, 1.54) is 11.3 Å². The second-order valence-electron chi connectivity index (χ2n) is 5.16. The normalized spacial score (nSPS) is 11.1. The van der Waals surface area contributed by atoms with E-state index in [9.17, 15) is 9.59 Å². The Kier molecular flexibility index (Phi) is 5.14. The van der Waals surface area contributed by atoms with Crippen LogP contribution in [0.25, 0.3) is 10.9 Å². The number of carbonyl (C=O) groups is 2. The van der Waals surface area contributed by atoms with Crippen molar-refractivity contribution in [2.24, 2.45) is 5.10 Å². The Hall–Kier alpha value is -3.07. The Bertz CT molecular complexity index is 930. The standard InChI is InChI=1S/C16H16N6O2S/c1-2-13(23)19-16-22-21-15(25-16)7-14(24)20-18-9-10-8-17-12-6-4-3-5-11(10)12/h3-6,8-9,17H,2,7H2,1H3,(H,20,24)(H,19,22,23)/b18-9-. The van der Waals surface area contributed by atoms with E-state index in [1.54, 1.807) is 13.1 Å². The van der Waals surface area contributed by atoms with Gasteiger partial charge in [0.15, 0.2) is 0 Å². The molecule has 2 heterocycles. The summed E-state index contributed by atoms with van der Waals surface area (Å²) in [6.45, 7) is 1.75. The van der Waals surface area contributed by atoms with Gasteiger partial charge < -0.3 is 10.3 Å². The van der Waals surface area contributed by atoms with Crippen molar-refractivity contribution in [1.29, 1.82) is 0 Å². The zero-order chi connectivity index (χ0) is 17.6. The molecule has 3 N–H and O–H groups in total. The molecule has 0 fully saturated rings. The number of rotatable bonds is 6. The lowest BCUT2D eigenvalue weighted by molar-refractivity contribution is -0.120. The minimum absolute atomic E-state index is 0.0465. The van der Waals surface area contributed by atoms with Gasteiger partial charge in [0, 0.05) is 29.1 Å². The van der Waals surface area contributed by atoms with Gasteiger partial charge in [-0.05, 0) is 6.07 Å². The smallest absolute Gasteiger partial charge is 0.247 e. The van der Waals surface area contributed by atoms with Gasteiger partial charge in [-0.15, -0.1) is 10.2 Å². The van der Waals surface area contributed by atoms with Crippen LogP contribution in [0.15, 0.2) is 35.6 Å². The maximum Gasteiger partial charge on any atom is 0.247 e. The SMILES string of the molecule is CCC(=O)Nc1nnc(CC(=O)N/N=C\c2c[nH]c3ccccc23)s1. The first kappa shape index (κ1) is 16.8. The van der Waals surface area contributed by atoms with Gasteiger partial charge in [0.1, 0.15) is 5.01 Å². The molecule has 2 amide bonds. The van der Waals surface area contributed by atoms with E-state index < -0.39 is 0 Å². The number of H-pyrrole nitrogens is 1. The maximum absolute atomic E-state index is 11.9. The predicted molar refractivity (Wildman–Crippen MR) is 96.6 cm³/mol. The van der Waals surface area contributed by atoms with Crippen LogP contribution in [-0.2, 0) is 16.0 Å². The van der Waals surface area contributed by atoms with Crippen LogP contribution in [-0.4, -0.2) is 33.2 Å². The molecule has 0 aliphatic rings. The second-order valence-corrected chi connectivity index (χ2v) is 6.22. The molecular formula is C16H16N6O2S. The van der Waals surface area contributed by atoms with Crippen molar-refractivity contribution < 1.29 is 9.59 Å². The van der Waals surface area contributed by atoms with E-state index in [1.807, 2.05) is 30.5 Å². The van der Waals surface area contributed by atoms with Crippen molar-refractivity contribution in [2.45, 2.75) is 19.8 Å². The van der Waals surface area contributed by atoms with Crippen LogP contribution < -0.4 is 10.7 Å². The van der Waals surface area contributed by atoms with Crippen LogP contribution >= 0.6 is 11.3 Å². The van der Waals surface area contributed by atoms with Gasteiger partial charge in [0.25, 0.3) is 0 Å². The van der Waals surface area contributed by atoms with E-state index in [0.717, 1.165) is 16.5 Å². The predicted octanol–water partition coefficient (Wildman–Crippen LogP) is 2.06. The quantitative estimate of drug-likeness (QED) is 0.463. The van der Waals surface area contributed by atoms with E-state index in [0.29, 0.717) is 16.6 Å². The summed E-state index contributed by atoms with van der Waals surface area (Å²) in [7, 11) is 0. The number of para-hydroxylation sites is 1. The molecule has 0 radical (unpaired) electrons. The van der Waals surface area contributed by atoms with E-state index in [2.05, 4.69) is 31.0 Å². The number of aromatic nitrogens is 3. The van der Waals surface area contributed by atoms with Gasteiger partial charge in [-0.2, -0.15) is 5.10 Å². The van der Waals surface area contributed by atoms with Crippen LogP contribution in [0.1, 0.15) is 23.9 Å². The van der Waals surface area contributed by atoms with Crippen molar-refractivity contribution in [2.75, 3.05) is 5.32 Å². The number of aromatic amines is 1. The van der Waals surface area contributed by atoms with Crippen molar-refractivity contribution in [3.8, 4) is 0 Å². The highest BCUT2D eigenvalue weighted by molar-refractivity contribution is 7.15. The van der Waals surface area contributed by atoms with Crippen LogP contribution in [0.5, 0.6) is 0 Å². The summed E-state index contributed by atoms with van der Waals surface area (Å²) in [4.78, 5) is 26.3. The number of amides is 2. The molecule has 0 aliphatic carbocycles. The van der Waals surface area contributed by atoms with Crippen molar-refractivity contribution >= 4 is 45.4 Å². The molecule has 0 spiro atoms. The van der Waals surface area contributed by atoms with E-state index >= 15 is 0 Å². The number of carbonyl (C=O) groups excluding carboxylic acids is 2. The first-order valence-electron chi connectivity index (χ1n) is 7.66. The molecule has 3 aromatic rings. The first-order chi connectivity index (χ1) is 12.2. The molecule has 0 atom stereocenters. The summed E-state index contributed by atoms with van der Waals surface area (Å²) in [5, 5.41) is 16.2. The summed E-state index contributed by atoms with van der Waals surface area (Å²) >= 11 is 1.17. The molecular weight excluding hydrogens is 340 g/mol. The van der Waals surface area contributed by atoms with Crippen molar-refractivity contribution in [3.05, 3.63) is 41.0 Å². The van der Waals surface area contributed by atoms with E-state index in [-0.39, 0.29) is 18.2 Å². The number of nitrogens with zero attached hydrogens (tertiary/aromatic N) is 3. The fourth-order valence-corrected chi connectivity index (χ4v) is 2.89. The summed E-state index contributed by atoms with van der Waals surface area (Å²) < 4.78 is 0. The number of nitrogens with one attached hydrogen (secondary N) is 3. The number of fused-ring (bicyclic) bond motifs is 1. The number of anilines is 1. The Morgan fingerprint density at radius 2 is 2.12 bits per heavy atom. The van der Waals surface area contributed by atoms with Crippen molar-refractivity contribution in [1.82, 2.24) is 20.6 Å². The second kappa shape index (κ2) is 7.67. The molecule has 1 aromatic carbocycles. The molecule has 0 saturated heterocycles. The summed E-state index contributed by atoms with van der Waals surface area (Å²) in [6.07, 6.45) is 3.82. The third-order valence-electron chi connectivity index (χ3n) is 3.36. The van der Waals surface area contributed by atoms with Gasteiger partial charge in [-0.3, -0.25) is 9.59 Å². The van der Waals surface area contributed by atoms with Crippen LogP contribution in [0, 0.1) is 0 Å².